The van der Waals surface area contributed by atoms with Crippen molar-refractivity contribution in [3.05, 3.63) is 5.82 Å². The van der Waals surface area contributed by atoms with Crippen LogP contribution in [-0.4, -0.2) is 40.1 Å². The molecule has 0 fully saturated rings. The first-order valence-electron chi connectivity index (χ1n) is 4.87. The molecule has 1 unspecified atom stereocenters. The van der Waals surface area contributed by atoms with Gasteiger partial charge in [-0.2, -0.15) is 0 Å². The van der Waals surface area contributed by atoms with E-state index in [9.17, 15) is 4.79 Å². The van der Waals surface area contributed by atoms with Crippen LogP contribution in [-0.2, 0) is 23.1 Å². The number of ether oxygens (including phenoxy) is 1. The zero-order valence-corrected chi connectivity index (χ0v) is 11.9. The van der Waals surface area contributed by atoms with Crippen LogP contribution < -0.4 is 5.32 Å². The van der Waals surface area contributed by atoms with Gasteiger partial charge in [-0.05, 0) is 14.0 Å². The van der Waals surface area contributed by atoms with Gasteiger partial charge in [-0.15, -0.1) is 22.6 Å². The van der Waals surface area contributed by atoms with Crippen molar-refractivity contribution in [2.24, 2.45) is 7.05 Å². The number of carbonyl (C=O) groups is 1. The molecule has 17 heavy (non-hydrogen) atoms. The third-order valence-corrected chi connectivity index (χ3v) is 3.19. The molecule has 1 aromatic rings. The second-order valence-electron chi connectivity index (χ2n) is 3.27. The normalized spacial score (nSPS) is 11.8. The van der Waals surface area contributed by atoms with Gasteiger partial charge in [-0.1, -0.05) is 11.8 Å². The molecule has 0 saturated carbocycles. The highest BCUT2D eigenvalue weighted by atomic mass is 35.5. The molecule has 0 amide bonds. The summed E-state index contributed by atoms with van der Waals surface area (Å²) in [4.78, 5) is 11.2. The number of carbonyl (C=O) groups excluding carboxylic acids is 1. The number of esters is 1. The monoisotopic (exact) mass is 280 g/mol. The molecular formula is C9H17ClN4O2S. The van der Waals surface area contributed by atoms with Gasteiger partial charge < -0.3 is 14.6 Å². The second kappa shape index (κ2) is 7.52. The van der Waals surface area contributed by atoms with E-state index in [1.165, 1.54) is 18.9 Å². The maximum absolute atomic E-state index is 11.2. The van der Waals surface area contributed by atoms with E-state index in [0.29, 0.717) is 11.7 Å². The average Bonchev–Trinajstić information content (AvgIpc) is 2.61. The van der Waals surface area contributed by atoms with Crippen LogP contribution in [0.4, 0.5) is 0 Å². The Hall–Kier alpha value is -0.790. The van der Waals surface area contributed by atoms with Crippen LogP contribution in [0.3, 0.4) is 0 Å². The van der Waals surface area contributed by atoms with Gasteiger partial charge in [-0.25, -0.2) is 0 Å². The van der Waals surface area contributed by atoms with Gasteiger partial charge in [0.15, 0.2) is 5.16 Å². The van der Waals surface area contributed by atoms with Gasteiger partial charge in [0.2, 0.25) is 0 Å². The number of hydrogen-bond donors (Lipinski definition) is 1. The van der Waals surface area contributed by atoms with Crippen LogP contribution in [0.2, 0.25) is 0 Å². The molecule has 0 saturated heterocycles. The van der Waals surface area contributed by atoms with Gasteiger partial charge in [0.1, 0.15) is 11.1 Å². The van der Waals surface area contributed by atoms with Gasteiger partial charge in [0.05, 0.1) is 13.7 Å². The first-order valence-corrected chi connectivity index (χ1v) is 5.75. The Labute approximate surface area is 111 Å². The topological polar surface area (TPSA) is 69.0 Å². The molecule has 0 aliphatic carbocycles. The largest absolute Gasteiger partial charge is 0.468 e. The Morgan fingerprint density at radius 2 is 2.24 bits per heavy atom. The SMILES string of the molecule is CNCc1nnc(SC(C)C(=O)OC)n1C.Cl. The van der Waals surface area contributed by atoms with E-state index >= 15 is 0 Å². The summed E-state index contributed by atoms with van der Waals surface area (Å²) in [5.74, 6) is 0.574. The van der Waals surface area contributed by atoms with Crippen LogP contribution >= 0.6 is 24.2 Å². The van der Waals surface area contributed by atoms with E-state index in [4.69, 9.17) is 0 Å². The maximum Gasteiger partial charge on any atom is 0.318 e. The molecule has 1 heterocycles. The Bertz CT molecular complexity index is 372. The number of thioether (sulfide) groups is 1. The minimum absolute atomic E-state index is 0. The molecule has 0 bridgehead atoms. The van der Waals surface area contributed by atoms with Gasteiger partial charge in [0, 0.05) is 7.05 Å². The highest BCUT2D eigenvalue weighted by molar-refractivity contribution is 8.00. The predicted molar refractivity (Wildman–Crippen MR) is 68.3 cm³/mol. The Balaban J connectivity index is 0.00000256. The molecular weight excluding hydrogens is 264 g/mol. The van der Waals surface area contributed by atoms with E-state index in [1.807, 2.05) is 18.7 Å². The third kappa shape index (κ3) is 4.18. The highest BCUT2D eigenvalue weighted by Gasteiger charge is 2.18. The maximum atomic E-state index is 11.2. The van der Waals surface area contributed by atoms with E-state index in [2.05, 4.69) is 20.3 Å². The van der Waals surface area contributed by atoms with Gasteiger partial charge in [0.25, 0.3) is 0 Å². The number of halogens is 1. The first kappa shape index (κ1) is 16.2. The zero-order valence-electron chi connectivity index (χ0n) is 10.3. The summed E-state index contributed by atoms with van der Waals surface area (Å²) in [5.41, 5.74) is 0. The molecule has 1 atom stereocenters. The Kier molecular flexibility index (Phi) is 7.17. The molecule has 1 rings (SSSR count). The van der Waals surface area contributed by atoms with Gasteiger partial charge >= 0.3 is 5.97 Å². The summed E-state index contributed by atoms with van der Waals surface area (Å²) < 4.78 is 6.51. The number of aromatic nitrogens is 3. The summed E-state index contributed by atoms with van der Waals surface area (Å²) in [6.07, 6.45) is 0. The van der Waals surface area contributed by atoms with Crippen molar-refractivity contribution in [1.82, 2.24) is 20.1 Å². The molecule has 1 aromatic heterocycles. The summed E-state index contributed by atoms with van der Waals surface area (Å²) in [6, 6.07) is 0. The number of rotatable bonds is 5. The number of methoxy groups -OCH3 is 1. The van der Waals surface area contributed by atoms with Crippen molar-refractivity contribution in [3.8, 4) is 0 Å². The summed E-state index contributed by atoms with van der Waals surface area (Å²) in [6.45, 7) is 2.43. The van der Waals surface area contributed by atoms with E-state index in [0.717, 1.165) is 5.82 Å². The van der Waals surface area contributed by atoms with Crippen molar-refractivity contribution in [2.75, 3.05) is 14.2 Å². The fraction of sp³-hybridized carbons (Fsp3) is 0.667. The van der Waals surface area contributed by atoms with Crippen molar-refractivity contribution in [1.29, 1.82) is 0 Å². The standard InChI is InChI=1S/C9H16N4O2S.ClH/c1-6(8(14)15-4)16-9-12-11-7(5-10-2)13(9)3;/h6,10H,5H2,1-4H3;1H. The predicted octanol–water partition coefficient (Wildman–Crippen LogP) is 0.610. The average molecular weight is 281 g/mol. The molecule has 8 heteroatoms. The molecule has 0 aliphatic heterocycles. The minimum Gasteiger partial charge on any atom is -0.468 e. The van der Waals surface area contributed by atoms with E-state index in [1.54, 1.807) is 6.92 Å². The lowest BCUT2D eigenvalue weighted by Gasteiger charge is -2.08. The Morgan fingerprint density at radius 1 is 1.59 bits per heavy atom. The smallest absolute Gasteiger partial charge is 0.318 e. The summed E-state index contributed by atoms with van der Waals surface area (Å²) in [7, 11) is 5.10. The fourth-order valence-corrected chi connectivity index (χ4v) is 1.99. The third-order valence-electron chi connectivity index (χ3n) is 2.08. The van der Waals surface area contributed by atoms with Crippen molar-refractivity contribution < 1.29 is 9.53 Å². The van der Waals surface area contributed by atoms with E-state index in [-0.39, 0.29) is 23.6 Å². The molecule has 0 radical (unpaired) electrons. The minimum atomic E-state index is -0.282. The molecule has 0 aromatic carbocycles. The van der Waals surface area contributed by atoms with Crippen LogP contribution in [0.15, 0.2) is 5.16 Å². The molecule has 1 N–H and O–H groups in total. The molecule has 98 valence electrons. The second-order valence-corrected chi connectivity index (χ2v) is 4.58. The molecule has 6 nitrogen and oxygen atoms in total. The number of nitrogens with zero attached hydrogens (tertiary/aromatic N) is 3. The zero-order chi connectivity index (χ0) is 12.1. The lowest BCUT2D eigenvalue weighted by atomic mass is 10.5. The lowest BCUT2D eigenvalue weighted by Crippen LogP contribution is -2.16. The quantitative estimate of drug-likeness (QED) is 0.630. The van der Waals surface area contributed by atoms with Crippen molar-refractivity contribution in [3.63, 3.8) is 0 Å². The Morgan fingerprint density at radius 3 is 2.76 bits per heavy atom. The van der Waals surface area contributed by atoms with Crippen LogP contribution in [0.5, 0.6) is 0 Å². The number of nitrogens with one attached hydrogen (secondary N) is 1. The van der Waals surface area contributed by atoms with Gasteiger partial charge in [-0.3, -0.25) is 4.79 Å². The van der Waals surface area contributed by atoms with Crippen LogP contribution in [0.25, 0.3) is 0 Å². The molecule has 0 aliphatic rings. The molecule has 0 spiro atoms. The summed E-state index contributed by atoms with van der Waals surface area (Å²) in [5, 5.41) is 11.5. The highest BCUT2D eigenvalue weighted by Crippen LogP contribution is 2.21. The lowest BCUT2D eigenvalue weighted by molar-refractivity contribution is -0.139. The van der Waals surface area contributed by atoms with E-state index < -0.39 is 0 Å². The first-order chi connectivity index (χ1) is 7.60. The summed E-state index contributed by atoms with van der Waals surface area (Å²) >= 11 is 1.34. The fourth-order valence-electron chi connectivity index (χ4n) is 1.13. The van der Waals surface area contributed by atoms with Crippen LogP contribution in [0.1, 0.15) is 12.7 Å². The number of hydrogen-bond acceptors (Lipinski definition) is 6. The van der Waals surface area contributed by atoms with Crippen LogP contribution in [0, 0.1) is 0 Å². The van der Waals surface area contributed by atoms with Crippen molar-refractivity contribution >= 4 is 30.1 Å². The van der Waals surface area contributed by atoms with Crippen molar-refractivity contribution in [2.45, 2.75) is 23.9 Å².